The van der Waals surface area contributed by atoms with Crippen molar-refractivity contribution in [3.8, 4) is 0 Å². The first-order valence-corrected chi connectivity index (χ1v) is 4.66. The number of nitrogens with zero attached hydrogens (tertiary/aromatic N) is 1. The van der Waals surface area contributed by atoms with Crippen LogP contribution in [0.3, 0.4) is 0 Å². The molecule has 0 aliphatic heterocycles. The van der Waals surface area contributed by atoms with Crippen LogP contribution in [-0.4, -0.2) is 28.7 Å². The van der Waals surface area contributed by atoms with Gasteiger partial charge < -0.3 is 19.4 Å². The molecule has 2 aromatic rings. The maximum absolute atomic E-state index is 11.6. The third kappa shape index (κ3) is 1.61. The zero-order valence-corrected chi connectivity index (χ0v) is 8.36. The van der Waals surface area contributed by atoms with E-state index in [1.54, 1.807) is 30.0 Å². The Morgan fingerprint density at radius 2 is 2.47 bits per heavy atom. The fourth-order valence-corrected chi connectivity index (χ4v) is 1.53. The number of aliphatic hydroxyl groups is 1. The van der Waals surface area contributed by atoms with Crippen LogP contribution in [0, 0.1) is 0 Å². The quantitative estimate of drug-likeness (QED) is 0.771. The Kier molecular flexibility index (Phi) is 2.47. The first kappa shape index (κ1) is 9.79. The molecule has 0 fully saturated rings. The van der Waals surface area contributed by atoms with Crippen LogP contribution in [0.5, 0.6) is 0 Å². The number of fused-ring (bicyclic) bond motifs is 1. The predicted molar refractivity (Wildman–Crippen MR) is 54.6 cm³/mol. The van der Waals surface area contributed by atoms with Gasteiger partial charge in [-0.25, -0.2) is 0 Å². The number of aliphatic hydroxyl groups excluding tert-OH is 1. The zero-order valence-electron chi connectivity index (χ0n) is 8.36. The Morgan fingerprint density at radius 1 is 1.67 bits per heavy atom. The van der Waals surface area contributed by atoms with Crippen molar-refractivity contribution in [2.75, 3.05) is 13.2 Å². The van der Waals surface area contributed by atoms with Gasteiger partial charge in [-0.1, -0.05) is 0 Å². The van der Waals surface area contributed by atoms with E-state index < -0.39 is 0 Å². The van der Waals surface area contributed by atoms with Gasteiger partial charge in [-0.15, -0.1) is 0 Å². The Balaban J connectivity index is 2.31. The monoisotopic (exact) mass is 208 g/mol. The molecule has 0 saturated heterocycles. The molecule has 80 valence electrons. The van der Waals surface area contributed by atoms with Crippen molar-refractivity contribution < 1.29 is 14.3 Å². The van der Waals surface area contributed by atoms with Crippen molar-refractivity contribution in [1.29, 1.82) is 0 Å². The standard InChI is InChI=1S/C10H12N2O3/c1-12-7-2-5-15-9(7)6-8(12)10(14)11-3-4-13/h2,5-6,13H,3-4H2,1H3,(H,11,14). The largest absolute Gasteiger partial charge is 0.463 e. The molecule has 2 aromatic heterocycles. The summed E-state index contributed by atoms with van der Waals surface area (Å²) in [5, 5.41) is 11.2. The molecule has 2 N–H and O–H groups in total. The summed E-state index contributed by atoms with van der Waals surface area (Å²) in [4.78, 5) is 11.6. The van der Waals surface area contributed by atoms with Crippen molar-refractivity contribution in [1.82, 2.24) is 9.88 Å². The third-order valence-electron chi connectivity index (χ3n) is 2.29. The lowest BCUT2D eigenvalue weighted by Gasteiger charge is -2.03. The molecule has 2 heterocycles. The summed E-state index contributed by atoms with van der Waals surface area (Å²) in [6, 6.07) is 3.49. The Hall–Kier alpha value is -1.75. The Morgan fingerprint density at radius 3 is 3.13 bits per heavy atom. The summed E-state index contributed by atoms with van der Waals surface area (Å²) in [6.45, 7) is 0.192. The molecule has 0 spiro atoms. The molecular formula is C10H12N2O3. The fourth-order valence-electron chi connectivity index (χ4n) is 1.53. The predicted octanol–water partition coefficient (Wildman–Crippen LogP) is 0.493. The summed E-state index contributed by atoms with van der Waals surface area (Å²) in [7, 11) is 1.80. The van der Waals surface area contributed by atoms with Crippen molar-refractivity contribution in [3.63, 3.8) is 0 Å². The lowest BCUT2D eigenvalue weighted by molar-refractivity contribution is 0.0937. The van der Waals surface area contributed by atoms with E-state index in [1.807, 2.05) is 0 Å². The number of amides is 1. The van der Waals surface area contributed by atoms with E-state index in [0.717, 1.165) is 5.52 Å². The van der Waals surface area contributed by atoms with Crippen LogP contribution < -0.4 is 5.32 Å². The molecule has 5 nitrogen and oxygen atoms in total. The number of furan rings is 1. The highest BCUT2D eigenvalue weighted by molar-refractivity contribution is 5.97. The van der Waals surface area contributed by atoms with Crippen LogP contribution in [0.4, 0.5) is 0 Å². The maximum Gasteiger partial charge on any atom is 0.268 e. The van der Waals surface area contributed by atoms with E-state index in [2.05, 4.69) is 5.32 Å². The van der Waals surface area contributed by atoms with Crippen LogP contribution >= 0.6 is 0 Å². The van der Waals surface area contributed by atoms with Crippen LogP contribution in [0.25, 0.3) is 11.1 Å². The van der Waals surface area contributed by atoms with E-state index in [1.165, 1.54) is 0 Å². The van der Waals surface area contributed by atoms with Crippen LogP contribution in [0.2, 0.25) is 0 Å². The molecule has 0 aromatic carbocycles. The van der Waals surface area contributed by atoms with E-state index in [9.17, 15) is 4.79 Å². The van der Waals surface area contributed by atoms with E-state index >= 15 is 0 Å². The molecule has 0 bridgehead atoms. The normalized spacial score (nSPS) is 10.8. The molecule has 15 heavy (non-hydrogen) atoms. The minimum atomic E-state index is -0.210. The van der Waals surface area contributed by atoms with Gasteiger partial charge in [0.1, 0.15) is 5.69 Å². The highest BCUT2D eigenvalue weighted by Gasteiger charge is 2.13. The van der Waals surface area contributed by atoms with Gasteiger partial charge in [0.15, 0.2) is 5.58 Å². The van der Waals surface area contributed by atoms with Gasteiger partial charge in [0.05, 0.1) is 18.4 Å². The molecular weight excluding hydrogens is 196 g/mol. The summed E-state index contributed by atoms with van der Waals surface area (Å²) >= 11 is 0. The lowest BCUT2D eigenvalue weighted by Crippen LogP contribution is -2.27. The number of hydrogen-bond acceptors (Lipinski definition) is 3. The highest BCUT2D eigenvalue weighted by atomic mass is 16.3. The second-order valence-corrected chi connectivity index (χ2v) is 3.24. The second-order valence-electron chi connectivity index (χ2n) is 3.24. The average molecular weight is 208 g/mol. The number of hydrogen-bond donors (Lipinski definition) is 2. The van der Waals surface area contributed by atoms with E-state index in [-0.39, 0.29) is 19.1 Å². The minimum absolute atomic E-state index is 0.0632. The topological polar surface area (TPSA) is 67.4 Å². The van der Waals surface area contributed by atoms with Crippen molar-refractivity contribution >= 4 is 17.0 Å². The van der Waals surface area contributed by atoms with Crippen LogP contribution in [-0.2, 0) is 7.05 Å². The van der Waals surface area contributed by atoms with Gasteiger partial charge in [-0.3, -0.25) is 4.79 Å². The van der Waals surface area contributed by atoms with Crippen molar-refractivity contribution in [2.24, 2.45) is 7.05 Å². The molecule has 0 atom stereocenters. The molecule has 2 rings (SSSR count). The number of nitrogens with one attached hydrogen (secondary N) is 1. The first-order chi connectivity index (χ1) is 7.24. The summed E-state index contributed by atoms with van der Waals surface area (Å²) in [5.74, 6) is -0.210. The number of carbonyl (C=O) groups is 1. The van der Waals surface area contributed by atoms with E-state index in [4.69, 9.17) is 9.52 Å². The van der Waals surface area contributed by atoms with Crippen molar-refractivity contribution in [3.05, 3.63) is 24.1 Å². The van der Waals surface area contributed by atoms with E-state index in [0.29, 0.717) is 11.3 Å². The molecule has 0 aliphatic carbocycles. The third-order valence-corrected chi connectivity index (χ3v) is 2.29. The molecule has 5 heteroatoms. The van der Waals surface area contributed by atoms with Crippen LogP contribution in [0.1, 0.15) is 10.5 Å². The number of aryl methyl sites for hydroxylation is 1. The maximum atomic E-state index is 11.6. The molecule has 0 unspecified atom stereocenters. The smallest absolute Gasteiger partial charge is 0.268 e. The summed E-state index contributed by atoms with van der Waals surface area (Å²) in [5.41, 5.74) is 2.09. The number of aromatic nitrogens is 1. The van der Waals surface area contributed by atoms with Gasteiger partial charge in [0, 0.05) is 25.7 Å². The number of rotatable bonds is 3. The minimum Gasteiger partial charge on any atom is -0.463 e. The highest BCUT2D eigenvalue weighted by Crippen LogP contribution is 2.19. The van der Waals surface area contributed by atoms with Gasteiger partial charge >= 0.3 is 0 Å². The number of carbonyl (C=O) groups excluding carboxylic acids is 1. The average Bonchev–Trinajstić information content (AvgIpc) is 2.78. The van der Waals surface area contributed by atoms with Gasteiger partial charge in [-0.05, 0) is 0 Å². The Bertz CT molecular complexity index is 484. The lowest BCUT2D eigenvalue weighted by atomic mass is 10.4. The van der Waals surface area contributed by atoms with Gasteiger partial charge in [0.2, 0.25) is 0 Å². The van der Waals surface area contributed by atoms with Gasteiger partial charge in [0.25, 0.3) is 5.91 Å². The molecule has 0 saturated carbocycles. The summed E-state index contributed by atoms with van der Waals surface area (Å²) in [6.07, 6.45) is 1.58. The first-order valence-electron chi connectivity index (χ1n) is 4.66. The molecule has 0 radical (unpaired) electrons. The summed E-state index contributed by atoms with van der Waals surface area (Å²) < 4.78 is 6.94. The molecule has 0 aliphatic rings. The SMILES string of the molecule is Cn1c(C(=O)NCCO)cc2occc21. The molecule has 1 amide bonds. The van der Waals surface area contributed by atoms with Crippen LogP contribution in [0.15, 0.2) is 22.8 Å². The Labute approximate surface area is 86.3 Å². The fraction of sp³-hybridized carbons (Fsp3) is 0.300. The second kappa shape index (κ2) is 3.78. The van der Waals surface area contributed by atoms with Gasteiger partial charge in [-0.2, -0.15) is 0 Å². The zero-order chi connectivity index (χ0) is 10.8. The van der Waals surface area contributed by atoms with Crippen molar-refractivity contribution in [2.45, 2.75) is 0 Å².